The van der Waals surface area contributed by atoms with E-state index in [0.717, 1.165) is 10.3 Å². The van der Waals surface area contributed by atoms with Gasteiger partial charge in [-0.05, 0) is 65.7 Å². The summed E-state index contributed by atoms with van der Waals surface area (Å²) in [4.78, 5) is 33.2. The first-order valence-electron chi connectivity index (χ1n) is 12.7. The monoisotopic (exact) mass is 582 g/mol. The van der Waals surface area contributed by atoms with Crippen molar-refractivity contribution >= 4 is 55.7 Å². The molecule has 1 aliphatic rings. The van der Waals surface area contributed by atoms with Crippen LogP contribution in [0.4, 0.5) is 5.13 Å². The van der Waals surface area contributed by atoms with Gasteiger partial charge in [0.2, 0.25) is 0 Å². The number of carbonyl (C=O) groups excluding carboxylic acids is 2. The van der Waals surface area contributed by atoms with Crippen molar-refractivity contribution in [3.8, 4) is 11.5 Å². The van der Waals surface area contributed by atoms with Crippen LogP contribution in [0, 0.1) is 0 Å². The number of nitrogens with zero attached hydrogens (tertiary/aromatic N) is 2. The molecule has 2 heterocycles. The zero-order chi connectivity index (χ0) is 28.5. The lowest BCUT2D eigenvalue weighted by Crippen LogP contribution is -2.29. The van der Waals surface area contributed by atoms with E-state index in [9.17, 15) is 14.7 Å². The van der Waals surface area contributed by atoms with Crippen LogP contribution in [0.25, 0.3) is 16.0 Å². The molecule has 1 amide bonds. The van der Waals surface area contributed by atoms with E-state index in [0.29, 0.717) is 44.9 Å². The summed E-state index contributed by atoms with van der Waals surface area (Å²) >= 11 is 7.31. The molecule has 204 valence electrons. The molecule has 1 fully saturated rings. The van der Waals surface area contributed by atoms with E-state index in [-0.39, 0.29) is 11.3 Å². The summed E-state index contributed by atoms with van der Waals surface area (Å²) in [5, 5.41) is 12.2. The fraction of sp³-hybridized carbons (Fsp3) is 0.0938. The number of aromatic nitrogens is 1. The second-order valence-corrected chi connectivity index (χ2v) is 10.8. The summed E-state index contributed by atoms with van der Waals surface area (Å²) < 4.78 is 12.2. The van der Waals surface area contributed by atoms with E-state index in [1.54, 1.807) is 61.7 Å². The molecule has 4 aromatic carbocycles. The van der Waals surface area contributed by atoms with Crippen LogP contribution in [0.15, 0.2) is 103 Å². The topological polar surface area (TPSA) is 89.0 Å². The SMILES string of the molecule is COc1ccc2nc(N3C(=O)C(=O)/C(=C(/O)c4ccc(Cl)cc4)C3c3cccc(OCc4ccccc4)c3)sc2c1. The number of thiazole rings is 1. The number of hydrogen-bond donors (Lipinski definition) is 1. The van der Waals surface area contributed by atoms with E-state index in [1.807, 2.05) is 42.5 Å². The van der Waals surface area contributed by atoms with Gasteiger partial charge in [-0.25, -0.2) is 4.98 Å². The number of halogens is 1. The van der Waals surface area contributed by atoms with Crippen molar-refractivity contribution in [2.45, 2.75) is 12.6 Å². The molecule has 6 rings (SSSR count). The highest BCUT2D eigenvalue weighted by atomic mass is 35.5. The molecule has 1 N–H and O–H groups in total. The normalized spacial score (nSPS) is 16.3. The maximum Gasteiger partial charge on any atom is 0.301 e. The number of anilines is 1. The van der Waals surface area contributed by atoms with E-state index < -0.39 is 17.7 Å². The summed E-state index contributed by atoms with van der Waals surface area (Å²) in [5.41, 5.74) is 2.56. The average Bonchev–Trinajstić information content (AvgIpc) is 3.54. The minimum Gasteiger partial charge on any atom is -0.507 e. The van der Waals surface area contributed by atoms with Gasteiger partial charge in [-0.2, -0.15) is 0 Å². The fourth-order valence-electron chi connectivity index (χ4n) is 4.75. The first-order chi connectivity index (χ1) is 19.9. The first kappa shape index (κ1) is 26.6. The van der Waals surface area contributed by atoms with Gasteiger partial charge in [0.25, 0.3) is 5.78 Å². The maximum atomic E-state index is 13.6. The minimum absolute atomic E-state index is 0.0469. The highest BCUT2D eigenvalue weighted by Crippen LogP contribution is 2.45. The van der Waals surface area contributed by atoms with Crippen molar-refractivity contribution in [1.29, 1.82) is 0 Å². The van der Waals surface area contributed by atoms with Gasteiger partial charge in [0, 0.05) is 10.6 Å². The highest BCUT2D eigenvalue weighted by Gasteiger charge is 2.48. The minimum atomic E-state index is -0.951. The molecular weight excluding hydrogens is 560 g/mol. The number of methoxy groups -OCH3 is 1. The Labute approximate surface area is 244 Å². The third-order valence-corrected chi connectivity index (χ3v) is 8.04. The number of aliphatic hydroxyl groups is 1. The third kappa shape index (κ3) is 5.15. The molecule has 5 aromatic rings. The Morgan fingerprint density at radius 2 is 1.73 bits per heavy atom. The predicted octanol–water partition coefficient (Wildman–Crippen LogP) is 7.16. The fourth-order valence-corrected chi connectivity index (χ4v) is 5.89. The molecule has 1 atom stereocenters. The van der Waals surface area contributed by atoms with Gasteiger partial charge in [0.05, 0.1) is 28.9 Å². The summed E-state index contributed by atoms with van der Waals surface area (Å²) in [6, 6.07) is 27.8. The summed E-state index contributed by atoms with van der Waals surface area (Å²) in [6.07, 6.45) is 0. The van der Waals surface area contributed by atoms with Crippen molar-refractivity contribution in [2.75, 3.05) is 12.0 Å². The van der Waals surface area contributed by atoms with Crippen LogP contribution in [0.2, 0.25) is 5.02 Å². The lowest BCUT2D eigenvalue weighted by atomic mass is 9.95. The number of aliphatic hydroxyl groups excluding tert-OH is 1. The van der Waals surface area contributed by atoms with Crippen LogP contribution < -0.4 is 14.4 Å². The van der Waals surface area contributed by atoms with E-state index in [4.69, 9.17) is 21.1 Å². The zero-order valence-corrected chi connectivity index (χ0v) is 23.4. The first-order valence-corrected chi connectivity index (χ1v) is 13.9. The number of amides is 1. The number of carbonyl (C=O) groups is 2. The number of ketones is 1. The molecule has 1 aliphatic heterocycles. The molecule has 1 unspecified atom stereocenters. The van der Waals surface area contributed by atoms with E-state index in [1.165, 1.54) is 16.2 Å². The van der Waals surface area contributed by atoms with Crippen molar-refractivity contribution in [3.05, 3.63) is 124 Å². The number of benzene rings is 4. The molecule has 0 saturated carbocycles. The Balaban J connectivity index is 1.47. The van der Waals surface area contributed by atoms with Crippen molar-refractivity contribution < 1.29 is 24.2 Å². The van der Waals surface area contributed by atoms with Gasteiger partial charge in [0.1, 0.15) is 23.9 Å². The Bertz CT molecular complexity index is 1800. The van der Waals surface area contributed by atoms with Gasteiger partial charge in [-0.15, -0.1) is 0 Å². The van der Waals surface area contributed by atoms with Crippen LogP contribution >= 0.6 is 22.9 Å². The second kappa shape index (κ2) is 11.1. The highest BCUT2D eigenvalue weighted by molar-refractivity contribution is 7.22. The quantitative estimate of drug-likeness (QED) is 0.124. The van der Waals surface area contributed by atoms with Crippen LogP contribution in [-0.2, 0) is 16.2 Å². The molecule has 41 heavy (non-hydrogen) atoms. The standard InChI is InChI=1S/C32H23ClN2O5S/c1-39-23-14-15-25-26(17-23)41-32(34-25)35-28(21-8-5-9-24(16-21)40-18-19-6-3-2-4-7-19)27(30(37)31(35)38)29(36)20-10-12-22(33)13-11-20/h2-17,28,36H,18H2,1H3/b29-27+. The Kier molecular flexibility index (Phi) is 7.17. The predicted molar refractivity (Wildman–Crippen MR) is 160 cm³/mol. The van der Waals surface area contributed by atoms with Crippen LogP contribution in [0.1, 0.15) is 22.7 Å². The lowest BCUT2D eigenvalue weighted by molar-refractivity contribution is -0.132. The van der Waals surface area contributed by atoms with Gasteiger partial charge >= 0.3 is 5.91 Å². The molecule has 1 aromatic heterocycles. The molecule has 0 aliphatic carbocycles. The summed E-state index contributed by atoms with van der Waals surface area (Å²) in [6.45, 7) is 0.342. The van der Waals surface area contributed by atoms with Gasteiger partial charge in [-0.1, -0.05) is 65.4 Å². The van der Waals surface area contributed by atoms with E-state index >= 15 is 0 Å². The van der Waals surface area contributed by atoms with Gasteiger partial charge in [-0.3, -0.25) is 14.5 Å². The van der Waals surface area contributed by atoms with Crippen LogP contribution in [0.3, 0.4) is 0 Å². The van der Waals surface area contributed by atoms with Crippen molar-refractivity contribution in [3.63, 3.8) is 0 Å². The number of Topliss-reactive ketones (excluding diaryl/α,β-unsaturated/α-hetero) is 1. The third-order valence-electron chi connectivity index (χ3n) is 6.77. The number of fused-ring (bicyclic) bond motifs is 1. The summed E-state index contributed by atoms with van der Waals surface area (Å²) in [7, 11) is 1.57. The van der Waals surface area contributed by atoms with Crippen molar-refractivity contribution in [2.24, 2.45) is 0 Å². The molecule has 1 saturated heterocycles. The Morgan fingerprint density at radius 1 is 0.951 bits per heavy atom. The zero-order valence-electron chi connectivity index (χ0n) is 21.8. The van der Waals surface area contributed by atoms with Crippen molar-refractivity contribution in [1.82, 2.24) is 4.98 Å². The molecule has 0 spiro atoms. The maximum absolute atomic E-state index is 13.6. The number of rotatable bonds is 7. The lowest BCUT2D eigenvalue weighted by Gasteiger charge is -2.23. The largest absolute Gasteiger partial charge is 0.507 e. The molecule has 0 bridgehead atoms. The Hall–Kier alpha value is -4.66. The second-order valence-electron chi connectivity index (χ2n) is 9.35. The number of hydrogen-bond acceptors (Lipinski definition) is 7. The van der Waals surface area contributed by atoms with Gasteiger partial charge in [0.15, 0.2) is 5.13 Å². The van der Waals surface area contributed by atoms with Crippen LogP contribution in [-0.4, -0.2) is 28.9 Å². The van der Waals surface area contributed by atoms with Crippen LogP contribution in [0.5, 0.6) is 11.5 Å². The summed E-state index contributed by atoms with van der Waals surface area (Å²) in [5.74, 6) is -0.692. The molecule has 0 radical (unpaired) electrons. The van der Waals surface area contributed by atoms with E-state index in [2.05, 4.69) is 4.98 Å². The Morgan fingerprint density at radius 3 is 2.49 bits per heavy atom. The molecule has 7 nitrogen and oxygen atoms in total. The molecule has 9 heteroatoms. The number of ether oxygens (including phenoxy) is 2. The smallest absolute Gasteiger partial charge is 0.301 e. The molecular formula is C32H23ClN2O5S. The average molecular weight is 583 g/mol. The van der Waals surface area contributed by atoms with Gasteiger partial charge < -0.3 is 14.6 Å².